The minimum atomic E-state index is -0.0616. The zero-order valence-electron chi connectivity index (χ0n) is 13.2. The predicted molar refractivity (Wildman–Crippen MR) is 83.0 cm³/mol. The topological polar surface area (TPSA) is 66.0 Å². The number of aromatic nitrogens is 3. The van der Waals surface area contributed by atoms with Crippen LogP contribution in [0.1, 0.15) is 43.8 Å². The lowest BCUT2D eigenvalue weighted by Crippen LogP contribution is -2.13. The number of aryl methyl sites for hydroxylation is 1. The Morgan fingerprint density at radius 1 is 1.29 bits per heavy atom. The maximum Gasteiger partial charge on any atom is 0.164 e. The van der Waals surface area contributed by atoms with E-state index in [4.69, 9.17) is 10.5 Å². The molecule has 0 saturated carbocycles. The molecule has 0 spiro atoms. The van der Waals surface area contributed by atoms with Gasteiger partial charge >= 0.3 is 0 Å². The van der Waals surface area contributed by atoms with Gasteiger partial charge in [-0.25, -0.2) is 9.67 Å². The van der Waals surface area contributed by atoms with Crippen LogP contribution in [0.2, 0.25) is 0 Å². The number of hydrogen-bond acceptors (Lipinski definition) is 4. The highest BCUT2D eigenvalue weighted by molar-refractivity contribution is 5.38. The van der Waals surface area contributed by atoms with Crippen LogP contribution in [-0.2, 0) is 13.2 Å². The maximum atomic E-state index is 6.01. The monoisotopic (exact) mass is 288 g/mol. The van der Waals surface area contributed by atoms with Crippen molar-refractivity contribution in [1.29, 1.82) is 0 Å². The molecule has 0 aliphatic carbocycles. The molecule has 0 saturated heterocycles. The summed E-state index contributed by atoms with van der Waals surface area (Å²) in [5, 5.41) is 4.24. The van der Waals surface area contributed by atoms with Crippen molar-refractivity contribution >= 4 is 0 Å². The van der Waals surface area contributed by atoms with Crippen LogP contribution < -0.4 is 10.5 Å². The van der Waals surface area contributed by atoms with E-state index in [1.807, 2.05) is 23.7 Å². The lowest BCUT2D eigenvalue weighted by atomic mass is 10.1. The van der Waals surface area contributed by atoms with Crippen LogP contribution in [0.5, 0.6) is 5.75 Å². The van der Waals surface area contributed by atoms with Crippen LogP contribution in [-0.4, -0.2) is 14.8 Å². The maximum absolute atomic E-state index is 6.01. The van der Waals surface area contributed by atoms with E-state index in [-0.39, 0.29) is 6.04 Å². The van der Waals surface area contributed by atoms with Gasteiger partial charge in [0.1, 0.15) is 18.7 Å². The number of ether oxygens (including phenoxy) is 1. The molecule has 1 atom stereocenters. The molecule has 2 aromatic rings. The largest absolute Gasteiger partial charge is 0.485 e. The predicted octanol–water partition coefficient (Wildman–Crippen LogP) is 2.84. The van der Waals surface area contributed by atoms with Gasteiger partial charge in [0.05, 0.1) is 0 Å². The van der Waals surface area contributed by atoms with Gasteiger partial charge in [0.15, 0.2) is 5.82 Å². The molecule has 1 aromatic carbocycles. The third kappa shape index (κ3) is 4.04. The summed E-state index contributed by atoms with van der Waals surface area (Å²) < 4.78 is 7.81. The highest BCUT2D eigenvalue weighted by Gasteiger charge is 2.11. The Morgan fingerprint density at radius 2 is 2.05 bits per heavy atom. The van der Waals surface area contributed by atoms with E-state index in [0.29, 0.717) is 12.5 Å². The molecular weight excluding hydrogens is 264 g/mol. The molecule has 0 amide bonds. The smallest absolute Gasteiger partial charge is 0.164 e. The third-order valence-electron chi connectivity index (χ3n) is 3.25. The fourth-order valence-electron chi connectivity index (χ4n) is 2.20. The molecule has 114 valence electrons. The molecule has 21 heavy (non-hydrogen) atoms. The van der Waals surface area contributed by atoms with Gasteiger partial charge in [-0.3, -0.25) is 0 Å². The molecule has 1 aromatic heterocycles. The molecule has 2 N–H and O–H groups in total. The molecule has 0 fully saturated rings. The Morgan fingerprint density at radius 3 is 2.71 bits per heavy atom. The number of benzene rings is 1. The second-order valence-corrected chi connectivity index (χ2v) is 5.87. The van der Waals surface area contributed by atoms with Crippen molar-refractivity contribution in [3.8, 4) is 5.75 Å². The number of rotatable bonds is 6. The molecule has 2 rings (SSSR count). The SMILES string of the molecule is Cc1ccc(OCc2ncnn2CC(C)C)c(C(C)N)c1. The summed E-state index contributed by atoms with van der Waals surface area (Å²) in [7, 11) is 0. The lowest BCUT2D eigenvalue weighted by Gasteiger charge is -2.15. The Balaban J connectivity index is 2.12. The number of nitrogens with two attached hydrogens (primary N) is 1. The molecule has 5 nitrogen and oxygen atoms in total. The van der Waals surface area contributed by atoms with E-state index in [0.717, 1.165) is 23.7 Å². The van der Waals surface area contributed by atoms with Gasteiger partial charge in [0, 0.05) is 18.2 Å². The second-order valence-electron chi connectivity index (χ2n) is 5.87. The summed E-state index contributed by atoms with van der Waals surface area (Å²) in [4.78, 5) is 4.27. The van der Waals surface area contributed by atoms with Crippen molar-refractivity contribution in [2.75, 3.05) is 0 Å². The van der Waals surface area contributed by atoms with E-state index in [1.165, 1.54) is 5.56 Å². The van der Waals surface area contributed by atoms with Gasteiger partial charge < -0.3 is 10.5 Å². The minimum Gasteiger partial charge on any atom is -0.485 e. The quantitative estimate of drug-likeness (QED) is 0.887. The van der Waals surface area contributed by atoms with Gasteiger partial charge in [0.25, 0.3) is 0 Å². The molecule has 0 radical (unpaired) electrons. The average Bonchev–Trinajstić information content (AvgIpc) is 2.83. The van der Waals surface area contributed by atoms with Crippen LogP contribution in [0.3, 0.4) is 0 Å². The molecule has 0 aliphatic heterocycles. The highest BCUT2D eigenvalue weighted by atomic mass is 16.5. The van der Waals surface area contributed by atoms with Crippen LogP contribution >= 0.6 is 0 Å². The average molecular weight is 288 g/mol. The summed E-state index contributed by atoms with van der Waals surface area (Å²) >= 11 is 0. The van der Waals surface area contributed by atoms with Gasteiger partial charge in [-0.2, -0.15) is 5.10 Å². The molecule has 1 heterocycles. The first-order valence-corrected chi connectivity index (χ1v) is 7.33. The Labute approximate surface area is 126 Å². The standard InChI is InChI=1S/C16H24N4O/c1-11(2)8-20-16(18-10-19-20)9-21-15-6-5-12(3)7-14(15)13(4)17/h5-7,10-11,13H,8-9,17H2,1-4H3. The Kier molecular flexibility index (Phi) is 4.96. The van der Waals surface area contributed by atoms with E-state index in [1.54, 1.807) is 6.33 Å². The minimum absolute atomic E-state index is 0.0616. The molecule has 0 aliphatic rings. The summed E-state index contributed by atoms with van der Waals surface area (Å²) in [6.07, 6.45) is 1.57. The van der Waals surface area contributed by atoms with Crippen LogP contribution in [0, 0.1) is 12.8 Å². The molecule has 5 heteroatoms. The Hall–Kier alpha value is -1.88. The van der Waals surface area contributed by atoms with E-state index < -0.39 is 0 Å². The van der Waals surface area contributed by atoms with Crippen LogP contribution in [0.4, 0.5) is 0 Å². The first-order chi connectivity index (χ1) is 9.97. The first kappa shape index (κ1) is 15.5. The normalized spacial score (nSPS) is 12.7. The summed E-state index contributed by atoms with van der Waals surface area (Å²) in [5.41, 5.74) is 8.21. The van der Waals surface area contributed by atoms with Crippen LogP contribution in [0.25, 0.3) is 0 Å². The van der Waals surface area contributed by atoms with Crippen molar-refractivity contribution in [1.82, 2.24) is 14.8 Å². The van der Waals surface area contributed by atoms with E-state index in [9.17, 15) is 0 Å². The van der Waals surface area contributed by atoms with Crippen molar-refractivity contribution in [3.05, 3.63) is 41.5 Å². The zero-order valence-corrected chi connectivity index (χ0v) is 13.2. The van der Waals surface area contributed by atoms with Gasteiger partial charge in [0.2, 0.25) is 0 Å². The summed E-state index contributed by atoms with van der Waals surface area (Å²) in [6, 6.07) is 6.00. The van der Waals surface area contributed by atoms with Gasteiger partial charge in [-0.15, -0.1) is 0 Å². The molecular formula is C16H24N4O. The lowest BCUT2D eigenvalue weighted by molar-refractivity contribution is 0.278. The van der Waals surface area contributed by atoms with Crippen molar-refractivity contribution in [2.24, 2.45) is 11.7 Å². The summed E-state index contributed by atoms with van der Waals surface area (Å²) in [5.74, 6) is 2.17. The molecule has 1 unspecified atom stereocenters. The van der Waals surface area contributed by atoms with Gasteiger partial charge in [-0.1, -0.05) is 31.5 Å². The third-order valence-corrected chi connectivity index (χ3v) is 3.25. The second kappa shape index (κ2) is 6.72. The van der Waals surface area contributed by atoms with Crippen molar-refractivity contribution in [3.63, 3.8) is 0 Å². The number of hydrogen-bond donors (Lipinski definition) is 1. The number of nitrogens with zero attached hydrogens (tertiary/aromatic N) is 3. The molecule has 0 bridgehead atoms. The first-order valence-electron chi connectivity index (χ1n) is 7.33. The van der Waals surface area contributed by atoms with Crippen molar-refractivity contribution < 1.29 is 4.74 Å². The fourth-order valence-corrected chi connectivity index (χ4v) is 2.20. The van der Waals surface area contributed by atoms with Crippen LogP contribution in [0.15, 0.2) is 24.5 Å². The highest BCUT2D eigenvalue weighted by Crippen LogP contribution is 2.25. The van der Waals surface area contributed by atoms with Gasteiger partial charge in [-0.05, 0) is 25.8 Å². The van der Waals surface area contributed by atoms with Crippen molar-refractivity contribution in [2.45, 2.75) is 46.9 Å². The van der Waals surface area contributed by atoms with E-state index in [2.05, 4.69) is 36.9 Å². The fraction of sp³-hybridized carbons (Fsp3) is 0.500. The zero-order chi connectivity index (χ0) is 15.4. The van der Waals surface area contributed by atoms with E-state index >= 15 is 0 Å². The Bertz CT molecular complexity index is 590. The summed E-state index contributed by atoms with van der Waals surface area (Å²) in [6.45, 7) is 9.56.